The molecule has 2 atom stereocenters. The van der Waals surface area contributed by atoms with Gasteiger partial charge in [-0.1, -0.05) is 0 Å². The maximum atomic E-state index is 5.52. The molecule has 0 aromatic heterocycles. The zero-order valence-electron chi connectivity index (χ0n) is 9.14. The summed E-state index contributed by atoms with van der Waals surface area (Å²) in [4.78, 5) is 0. The van der Waals surface area contributed by atoms with Crippen LogP contribution in [0.2, 0.25) is 0 Å². The SMILES string of the molecule is CC1(NC[C@H]2CCNC2)CCCOC1. The van der Waals surface area contributed by atoms with Crippen LogP contribution in [-0.4, -0.2) is 38.4 Å². The van der Waals surface area contributed by atoms with Gasteiger partial charge in [-0.15, -0.1) is 0 Å². The molecular formula is C11H22N2O. The van der Waals surface area contributed by atoms with Gasteiger partial charge in [0.1, 0.15) is 0 Å². The third-order valence-electron chi connectivity index (χ3n) is 3.42. The fraction of sp³-hybridized carbons (Fsp3) is 1.00. The van der Waals surface area contributed by atoms with Crippen LogP contribution in [-0.2, 0) is 4.74 Å². The molecule has 3 nitrogen and oxygen atoms in total. The normalized spacial score (nSPS) is 38.8. The lowest BCUT2D eigenvalue weighted by Crippen LogP contribution is -2.50. The van der Waals surface area contributed by atoms with Crippen LogP contribution in [0.1, 0.15) is 26.2 Å². The van der Waals surface area contributed by atoms with Gasteiger partial charge >= 0.3 is 0 Å². The molecule has 0 amide bonds. The Morgan fingerprint density at radius 1 is 1.57 bits per heavy atom. The van der Waals surface area contributed by atoms with Crippen LogP contribution in [0.25, 0.3) is 0 Å². The van der Waals surface area contributed by atoms with Gasteiger partial charge < -0.3 is 15.4 Å². The Hall–Kier alpha value is -0.120. The van der Waals surface area contributed by atoms with Gasteiger partial charge in [-0.05, 0) is 51.7 Å². The van der Waals surface area contributed by atoms with Gasteiger partial charge in [0.05, 0.1) is 6.61 Å². The van der Waals surface area contributed by atoms with Crippen LogP contribution >= 0.6 is 0 Å². The van der Waals surface area contributed by atoms with E-state index in [1.165, 1.54) is 32.4 Å². The predicted molar refractivity (Wildman–Crippen MR) is 57.4 cm³/mol. The lowest BCUT2D eigenvalue weighted by atomic mass is 9.94. The number of nitrogens with one attached hydrogen (secondary N) is 2. The first-order valence-electron chi connectivity index (χ1n) is 5.82. The highest BCUT2D eigenvalue weighted by Crippen LogP contribution is 2.19. The van der Waals surface area contributed by atoms with Crippen LogP contribution < -0.4 is 10.6 Å². The Morgan fingerprint density at radius 3 is 3.14 bits per heavy atom. The summed E-state index contributed by atoms with van der Waals surface area (Å²) in [6.45, 7) is 7.64. The zero-order valence-corrected chi connectivity index (χ0v) is 9.14. The minimum absolute atomic E-state index is 0.237. The maximum absolute atomic E-state index is 5.52. The van der Waals surface area contributed by atoms with Crippen LogP contribution in [0.3, 0.4) is 0 Å². The molecule has 2 N–H and O–H groups in total. The van der Waals surface area contributed by atoms with Crippen molar-refractivity contribution < 1.29 is 4.74 Å². The van der Waals surface area contributed by atoms with E-state index in [0.717, 1.165) is 25.7 Å². The molecule has 0 radical (unpaired) electrons. The van der Waals surface area contributed by atoms with Gasteiger partial charge in [0.15, 0.2) is 0 Å². The smallest absolute Gasteiger partial charge is 0.0645 e. The summed E-state index contributed by atoms with van der Waals surface area (Å²) in [6.07, 6.45) is 3.78. The number of hydrogen-bond acceptors (Lipinski definition) is 3. The summed E-state index contributed by atoms with van der Waals surface area (Å²) in [6, 6.07) is 0. The second-order valence-corrected chi connectivity index (χ2v) is 4.96. The van der Waals surface area contributed by atoms with Crippen molar-refractivity contribution in [2.75, 3.05) is 32.8 Å². The number of hydrogen-bond donors (Lipinski definition) is 2. The molecule has 2 fully saturated rings. The molecule has 3 heteroatoms. The Labute approximate surface area is 86.6 Å². The molecule has 2 heterocycles. The number of ether oxygens (including phenoxy) is 1. The second kappa shape index (κ2) is 4.60. The Balaban J connectivity index is 1.72. The summed E-state index contributed by atoms with van der Waals surface area (Å²) in [5, 5.41) is 7.08. The van der Waals surface area contributed by atoms with Gasteiger partial charge in [-0.2, -0.15) is 0 Å². The maximum Gasteiger partial charge on any atom is 0.0645 e. The van der Waals surface area contributed by atoms with Gasteiger partial charge in [-0.25, -0.2) is 0 Å². The molecule has 0 bridgehead atoms. The summed E-state index contributed by atoms with van der Waals surface area (Å²) < 4.78 is 5.52. The fourth-order valence-electron chi connectivity index (χ4n) is 2.35. The molecule has 0 spiro atoms. The van der Waals surface area contributed by atoms with Crippen molar-refractivity contribution in [1.82, 2.24) is 10.6 Å². The largest absolute Gasteiger partial charge is 0.380 e. The standard InChI is InChI=1S/C11H22N2O/c1-11(4-2-6-14-9-11)13-8-10-3-5-12-7-10/h10,12-13H,2-9H2,1H3/t10-,11?/m0/s1. The number of rotatable bonds is 3. The first kappa shape index (κ1) is 10.4. The molecule has 0 aromatic rings. The second-order valence-electron chi connectivity index (χ2n) is 4.96. The van der Waals surface area contributed by atoms with Crippen LogP contribution in [0.4, 0.5) is 0 Å². The summed E-state index contributed by atoms with van der Waals surface area (Å²) >= 11 is 0. The minimum Gasteiger partial charge on any atom is -0.380 e. The van der Waals surface area contributed by atoms with E-state index in [2.05, 4.69) is 17.6 Å². The summed E-state index contributed by atoms with van der Waals surface area (Å²) in [7, 11) is 0. The molecule has 2 saturated heterocycles. The third kappa shape index (κ3) is 2.69. The van der Waals surface area contributed by atoms with Crippen LogP contribution in [0, 0.1) is 5.92 Å². The highest BCUT2D eigenvalue weighted by Gasteiger charge is 2.28. The van der Waals surface area contributed by atoms with Gasteiger partial charge in [0.2, 0.25) is 0 Å². The van der Waals surface area contributed by atoms with E-state index < -0.39 is 0 Å². The molecule has 2 aliphatic rings. The van der Waals surface area contributed by atoms with Gasteiger partial charge in [0.25, 0.3) is 0 Å². The lowest BCUT2D eigenvalue weighted by molar-refractivity contribution is 0.0272. The quantitative estimate of drug-likeness (QED) is 0.702. The molecule has 1 unspecified atom stereocenters. The van der Waals surface area contributed by atoms with E-state index in [1.807, 2.05) is 0 Å². The summed E-state index contributed by atoms with van der Waals surface area (Å²) in [5.74, 6) is 0.828. The first-order chi connectivity index (χ1) is 6.79. The van der Waals surface area contributed by atoms with E-state index >= 15 is 0 Å². The van der Waals surface area contributed by atoms with Crippen molar-refractivity contribution >= 4 is 0 Å². The first-order valence-corrected chi connectivity index (χ1v) is 5.82. The molecule has 0 saturated carbocycles. The zero-order chi connectivity index (χ0) is 9.86. The Bertz CT molecular complexity index is 172. The van der Waals surface area contributed by atoms with Crippen LogP contribution in [0.15, 0.2) is 0 Å². The average Bonchev–Trinajstić information content (AvgIpc) is 2.69. The molecule has 82 valence electrons. The molecule has 2 rings (SSSR count). The van der Waals surface area contributed by atoms with Gasteiger partial charge in [-0.3, -0.25) is 0 Å². The minimum atomic E-state index is 0.237. The monoisotopic (exact) mass is 198 g/mol. The average molecular weight is 198 g/mol. The molecule has 0 aliphatic carbocycles. The van der Waals surface area contributed by atoms with Crippen molar-refractivity contribution in [3.05, 3.63) is 0 Å². The van der Waals surface area contributed by atoms with Crippen molar-refractivity contribution in [1.29, 1.82) is 0 Å². The highest BCUT2D eigenvalue weighted by atomic mass is 16.5. The highest BCUT2D eigenvalue weighted by molar-refractivity contribution is 4.87. The summed E-state index contributed by atoms with van der Waals surface area (Å²) in [5.41, 5.74) is 0.237. The van der Waals surface area contributed by atoms with E-state index in [9.17, 15) is 0 Å². The predicted octanol–water partition coefficient (Wildman–Crippen LogP) is 0.755. The molecule has 2 aliphatic heterocycles. The topological polar surface area (TPSA) is 33.3 Å². The van der Waals surface area contributed by atoms with Crippen molar-refractivity contribution in [2.24, 2.45) is 5.92 Å². The Morgan fingerprint density at radius 2 is 2.50 bits per heavy atom. The molecule has 0 aromatic carbocycles. The molecular weight excluding hydrogens is 176 g/mol. The fourth-order valence-corrected chi connectivity index (χ4v) is 2.35. The third-order valence-corrected chi connectivity index (χ3v) is 3.42. The lowest BCUT2D eigenvalue weighted by Gasteiger charge is -2.35. The van der Waals surface area contributed by atoms with E-state index in [0.29, 0.717) is 0 Å². The Kier molecular flexibility index (Phi) is 3.42. The van der Waals surface area contributed by atoms with Crippen molar-refractivity contribution in [3.63, 3.8) is 0 Å². The van der Waals surface area contributed by atoms with E-state index in [-0.39, 0.29) is 5.54 Å². The van der Waals surface area contributed by atoms with Crippen molar-refractivity contribution in [2.45, 2.75) is 31.7 Å². The van der Waals surface area contributed by atoms with Crippen LogP contribution in [0.5, 0.6) is 0 Å². The van der Waals surface area contributed by atoms with E-state index in [1.54, 1.807) is 0 Å². The van der Waals surface area contributed by atoms with Crippen molar-refractivity contribution in [3.8, 4) is 0 Å². The molecule has 14 heavy (non-hydrogen) atoms. The van der Waals surface area contributed by atoms with E-state index in [4.69, 9.17) is 4.74 Å². The van der Waals surface area contributed by atoms with Gasteiger partial charge in [0, 0.05) is 12.1 Å².